The van der Waals surface area contributed by atoms with E-state index in [4.69, 9.17) is 5.11 Å². The van der Waals surface area contributed by atoms with Gasteiger partial charge in [-0.15, -0.1) is 0 Å². The van der Waals surface area contributed by atoms with Gasteiger partial charge in [-0.3, -0.25) is 15.0 Å². The molecular weight excluding hydrogens is 224 g/mol. The fourth-order valence-electron chi connectivity index (χ4n) is 1.97. The summed E-state index contributed by atoms with van der Waals surface area (Å²) in [4.78, 5) is 24.4. The van der Waals surface area contributed by atoms with Crippen molar-refractivity contribution >= 4 is 12.0 Å². The molecular formula is C11H20N2O4. The highest BCUT2D eigenvalue weighted by Crippen LogP contribution is 2.14. The van der Waals surface area contributed by atoms with E-state index in [-0.39, 0.29) is 31.6 Å². The van der Waals surface area contributed by atoms with E-state index in [1.165, 1.54) is 0 Å². The van der Waals surface area contributed by atoms with Crippen LogP contribution in [0.2, 0.25) is 0 Å². The molecule has 1 aliphatic heterocycles. The van der Waals surface area contributed by atoms with E-state index < -0.39 is 6.09 Å². The van der Waals surface area contributed by atoms with Gasteiger partial charge in [0.2, 0.25) is 5.91 Å². The normalized spacial score (nSPS) is 20.9. The summed E-state index contributed by atoms with van der Waals surface area (Å²) in [5, 5.41) is 11.2. The predicted molar refractivity (Wildman–Crippen MR) is 61.4 cm³/mol. The summed E-state index contributed by atoms with van der Waals surface area (Å²) in [6.45, 7) is 3.78. The lowest BCUT2D eigenvalue weighted by atomic mass is 9.99. The molecule has 6 nitrogen and oxygen atoms in total. The highest BCUT2D eigenvalue weighted by atomic mass is 16.5. The largest absolute Gasteiger partial charge is 0.450 e. The molecule has 6 heteroatoms. The molecule has 0 aromatic carbocycles. The number of rotatable bonds is 4. The summed E-state index contributed by atoms with van der Waals surface area (Å²) >= 11 is 0. The van der Waals surface area contributed by atoms with Gasteiger partial charge in [-0.25, -0.2) is 4.79 Å². The first-order chi connectivity index (χ1) is 8.15. The maximum absolute atomic E-state index is 11.5. The van der Waals surface area contributed by atoms with Crippen molar-refractivity contribution in [2.24, 2.45) is 5.92 Å². The van der Waals surface area contributed by atoms with Gasteiger partial charge < -0.3 is 9.84 Å². The molecule has 1 saturated heterocycles. The summed E-state index contributed by atoms with van der Waals surface area (Å²) in [5.41, 5.74) is 0. The number of piperidine rings is 1. The van der Waals surface area contributed by atoms with E-state index in [2.05, 4.69) is 10.1 Å². The number of likely N-dealkylation sites (tertiary alicyclic amines) is 1. The molecule has 2 N–H and O–H groups in total. The lowest BCUT2D eigenvalue weighted by Crippen LogP contribution is -2.44. The first-order valence-corrected chi connectivity index (χ1v) is 5.95. The smallest absolute Gasteiger partial charge is 0.413 e. The molecule has 1 aliphatic rings. The van der Waals surface area contributed by atoms with Gasteiger partial charge >= 0.3 is 6.09 Å². The fraction of sp³-hybridized carbons (Fsp3) is 0.818. The molecule has 1 atom stereocenters. The first-order valence-electron chi connectivity index (χ1n) is 5.95. The number of carbonyl (C=O) groups excluding carboxylic acids is 2. The minimum Gasteiger partial charge on any atom is -0.450 e. The SMILES string of the molecule is CCOC(=O)NC(=O)CN1CCCC(CO)C1. The molecule has 1 fully saturated rings. The van der Waals surface area contributed by atoms with Crippen LogP contribution in [0.25, 0.3) is 0 Å². The molecule has 98 valence electrons. The average molecular weight is 244 g/mol. The van der Waals surface area contributed by atoms with Gasteiger partial charge in [0.05, 0.1) is 13.2 Å². The van der Waals surface area contributed by atoms with Crippen LogP contribution >= 0.6 is 0 Å². The lowest BCUT2D eigenvalue weighted by molar-refractivity contribution is -0.122. The van der Waals surface area contributed by atoms with Crippen LogP contribution in [0.1, 0.15) is 19.8 Å². The van der Waals surface area contributed by atoms with Gasteiger partial charge in [0.15, 0.2) is 0 Å². The maximum Gasteiger partial charge on any atom is 0.413 e. The van der Waals surface area contributed by atoms with Crippen LogP contribution in [0.4, 0.5) is 4.79 Å². The summed E-state index contributed by atoms with van der Waals surface area (Å²) in [5.74, 6) is -0.124. The minimum absolute atomic E-state index is 0.149. The quantitative estimate of drug-likeness (QED) is 0.725. The van der Waals surface area contributed by atoms with Crippen molar-refractivity contribution < 1.29 is 19.4 Å². The molecule has 0 aliphatic carbocycles. The Morgan fingerprint density at radius 1 is 1.53 bits per heavy atom. The predicted octanol–water partition coefficient (Wildman–Crippen LogP) is -0.0366. The van der Waals surface area contributed by atoms with Crippen molar-refractivity contribution in [3.63, 3.8) is 0 Å². The number of carbonyl (C=O) groups is 2. The van der Waals surface area contributed by atoms with E-state index in [1.807, 2.05) is 4.90 Å². The summed E-state index contributed by atoms with van der Waals surface area (Å²) < 4.78 is 4.61. The first kappa shape index (κ1) is 13.9. The third kappa shape index (κ3) is 5.14. The molecule has 2 amide bonds. The molecule has 1 unspecified atom stereocenters. The average Bonchev–Trinajstić information content (AvgIpc) is 2.29. The van der Waals surface area contributed by atoms with Gasteiger partial charge in [-0.05, 0) is 32.2 Å². The third-order valence-corrected chi connectivity index (χ3v) is 2.75. The van der Waals surface area contributed by atoms with Crippen LogP contribution in [0.15, 0.2) is 0 Å². The molecule has 0 aromatic heterocycles. The molecule has 0 spiro atoms. The number of alkyl carbamates (subject to hydrolysis) is 1. The summed E-state index contributed by atoms with van der Waals surface area (Å²) in [6, 6.07) is 0. The Morgan fingerprint density at radius 3 is 2.94 bits per heavy atom. The Labute approximate surface area is 101 Å². The van der Waals surface area contributed by atoms with Crippen molar-refractivity contribution in [3.05, 3.63) is 0 Å². The monoisotopic (exact) mass is 244 g/mol. The number of hydrogen-bond acceptors (Lipinski definition) is 5. The second-order valence-corrected chi connectivity index (χ2v) is 4.19. The van der Waals surface area contributed by atoms with E-state index in [0.29, 0.717) is 6.54 Å². The van der Waals surface area contributed by atoms with Crippen LogP contribution < -0.4 is 5.32 Å². The van der Waals surface area contributed by atoms with E-state index in [1.54, 1.807) is 6.92 Å². The van der Waals surface area contributed by atoms with Gasteiger partial charge in [-0.1, -0.05) is 0 Å². The highest BCUT2D eigenvalue weighted by molar-refractivity contribution is 5.92. The number of nitrogens with zero attached hydrogens (tertiary/aromatic N) is 1. The van der Waals surface area contributed by atoms with E-state index in [0.717, 1.165) is 19.4 Å². The van der Waals surface area contributed by atoms with Crippen LogP contribution in [0.3, 0.4) is 0 Å². The maximum atomic E-state index is 11.5. The molecule has 1 heterocycles. The van der Waals surface area contributed by atoms with E-state index >= 15 is 0 Å². The fourth-order valence-corrected chi connectivity index (χ4v) is 1.97. The molecule has 0 aromatic rings. The zero-order chi connectivity index (χ0) is 12.7. The van der Waals surface area contributed by atoms with Crippen LogP contribution in [0, 0.1) is 5.92 Å². The van der Waals surface area contributed by atoms with E-state index in [9.17, 15) is 9.59 Å². The minimum atomic E-state index is -0.701. The number of ether oxygens (including phenoxy) is 1. The number of imide groups is 1. The van der Waals surface area contributed by atoms with Gasteiger partial charge in [0, 0.05) is 13.2 Å². The number of aliphatic hydroxyl groups excluding tert-OH is 1. The van der Waals surface area contributed by atoms with Crippen LogP contribution in [0.5, 0.6) is 0 Å². The molecule has 0 bridgehead atoms. The Morgan fingerprint density at radius 2 is 2.29 bits per heavy atom. The number of hydrogen-bond donors (Lipinski definition) is 2. The molecule has 17 heavy (non-hydrogen) atoms. The Hall–Kier alpha value is -1.14. The molecule has 1 rings (SSSR count). The Kier molecular flexibility index (Phi) is 5.93. The highest BCUT2D eigenvalue weighted by Gasteiger charge is 2.21. The zero-order valence-electron chi connectivity index (χ0n) is 10.1. The summed E-state index contributed by atoms with van der Waals surface area (Å²) in [6.07, 6.45) is 1.26. The molecule has 0 saturated carbocycles. The Bertz CT molecular complexity index is 270. The second-order valence-electron chi connectivity index (χ2n) is 4.19. The van der Waals surface area contributed by atoms with Crippen molar-refractivity contribution in [2.75, 3.05) is 32.8 Å². The standard InChI is InChI=1S/C11H20N2O4/c1-2-17-11(16)12-10(15)7-13-5-3-4-9(6-13)8-14/h9,14H,2-8H2,1H3,(H,12,15,16). The van der Waals surface area contributed by atoms with Gasteiger partial charge in [-0.2, -0.15) is 0 Å². The second kappa shape index (κ2) is 7.24. The van der Waals surface area contributed by atoms with Crippen LogP contribution in [-0.4, -0.2) is 54.9 Å². The zero-order valence-corrected chi connectivity index (χ0v) is 10.1. The van der Waals surface area contributed by atoms with Crippen molar-refractivity contribution in [3.8, 4) is 0 Å². The number of nitrogens with one attached hydrogen (secondary N) is 1. The Balaban J connectivity index is 2.28. The molecule has 0 radical (unpaired) electrons. The number of amides is 2. The van der Waals surface area contributed by atoms with Gasteiger partial charge in [0.25, 0.3) is 0 Å². The van der Waals surface area contributed by atoms with Crippen LogP contribution in [-0.2, 0) is 9.53 Å². The van der Waals surface area contributed by atoms with Gasteiger partial charge in [0.1, 0.15) is 0 Å². The third-order valence-electron chi connectivity index (χ3n) is 2.75. The lowest BCUT2D eigenvalue weighted by Gasteiger charge is -2.30. The van der Waals surface area contributed by atoms with Crippen molar-refractivity contribution in [1.29, 1.82) is 0 Å². The topological polar surface area (TPSA) is 78.9 Å². The van der Waals surface area contributed by atoms with Crippen molar-refractivity contribution in [2.45, 2.75) is 19.8 Å². The number of aliphatic hydroxyl groups is 1. The summed E-state index contributed by atoms with van der Waals surface area (Å²) in [7, 11) is 0. The van der Waals surface area contributed by atoms with Crippen molar-refractivity contribution in [1.82, 2.24) is 10.2 Å².